The van der Waals surface area contributed by atoms with Crippen molar-refractivity contribution in [1.29, 1.82) is 0 Å². The zero-order valence-corrected chi connectivity index (χ0v) is 17.0. The van der Waals surface area contributed by atoms with Crippen LogP contribution in [0.5, 0.6) is 5.75 Å². The van der Waals surface area contributed by atoms with E-state index in [1.54, 1.807) is 18.2 Å². The quantitative estimate of drug-likeness (QED) is 0.320. The van der Waals surface area contributed by atoms with Crippen molar-refractivity contribution in [3.63, 3.8) is 0 Å². The Balaban J connectivity index is 2.06. The van der Waals surface area contributed by atoms with Crippen LogP contribution in [0.1, 0.15) is 0 Å². The SMILES string of the molecule is Fc1cccc([B-](c2ccc(OC(F)(F)F)cc2)(c2cccc(F)c2)c2cccc(F)c2)c1. The molecule has 33 heavy (non-hydrogen) atoms. The van der Waals surface area contributed by atoms with Gasteiger partial charge in [-0.05, 0) is 30.3 Å². The van der Waals surface area contributed by atoms with Gasteiger partial charge >= 0.3 is 6.36 Å². The van der Waals surface area contributed by atoms with Gasteiger partial charge in [0, 0.05) is 0 Å². The van der Waals surface area contributed by atoms with E-state index in [4.69, 9.17) is 0 Å². The molecule has 4 aromatic rings. The fourth-order valence-electron chi connectivity index (χ4n) is 4.44. The highest BCUT2D eigenvalue weighted by Gasteiger charge is 2.34. The molecule has 0 saturated heterocycles. The molecule has 0 N–H and O–H groups in total. The standard InChI is InChI=1S/C25H16BF6O/c27-21-7-1-4-18(14-21)26(19-5-2-8-22(28)15-19,20-6-3-9-23(29)16-20)17-10-12-24(13-11-17)33-25(30,31)32/h1-16H/q-1. The average Bonchev–Trinajstić information content (AvgIpc) is 2.75. The monoisotopic (exact) mass is 457 g/mol. The van der Waals surface area contributed by atoms with Crippen molar-refractivity contribution < 1.29 is 31.1 Å². The molecule has 0 aliphatic rings. The van der Waals surface area contributed by atoms with Gasteiger partial charge in [-0.15, -0.1) is 13.2 Å². The topological polar surface area (TPSA) is 9.23 Å². The van der Waals surface area contributed by atoms with Crippen LogP contribution in [-0.2, 0) is 0 Å². The van der Waals surface area contributed by atoms with Crippen LogP contribution in [0.4, 0.5) is 26.3 Å². The van der Waals surface area contributed by atoms with Crippen molar-refractivity contribution in [2.45, 2.75) is 6.36 Å². The highest BCUT2D eigenvalue weighted by Crippen LogP contribution is 2.22. The molecule has 168 valence electrons. The largest absolute Gasteiger partial charge is 0.573 e. The van der Waals surface area contributed by atoms with Gasteiger partial charge in [0.1, 0.15) is 29.3 Å². The molecule has 0 radical (unpaired) electrons. The summed E-state index contributed by atoms with van der Waals surface area (Å²) >= 11 is 0. The maximum Gasteiger partial charge on any atom is 0.573 e. The first-order valence-corrected chi connectivity index (χ1v) is 9.98. The van der Waals surface area contributed by atoms with Crippen LogP contribution >= 0.6 is 0 Å². The molecule has 8 heteroatoms. The second-order valence-electron chi connectivity index (χ2n) is 7.65. The van der Waals surface area contributed by atoms with Gasteiger partial charge in [0.25, 0.3) is 0 Å². The molecule has 0 saturated carbocycles. The van der Waals surface area contributed by atoms with E-state index < -0.39 is 35.7 Å². The molecule has 0 unspecified atom stereocenters. The molecule has 0 amide bonds. The molecule has 0 spiro atoms. The predicted octanol–water partition coefficient (Wildman–Crippen LogP) is 4.38. The minimum absolute atomic E-state index is 0.399. The Kier molecular flexibility index (Phi) is 5.93. The van der Waals surface area contributed by atoms with Crippen LogP contribution in [0.25, 0.3) is 0 Å². The Morgan fingerprint density at radius 3 is 1.24 bits per heavy atom. The second-order valence-corrected chi connectivity index (χ2v) is 7.65. The highest BCUT2D eigenvalue weighted by molar-refractivity contribution is 7.19. The molecule has 0 aromatic heterocycles. The summed E-state index contributed by atoms with van der Waals surface area (Å²) in [5.74, 6) is -2.15. The summed E-state index contributed by atoms with van der Waals surface area (Å²) in [6.07, 6.45) is -7.26. The molecule has 4 aromatic carbocycles. The normalized spacial score (nSPS) is 11.9. The van der Waals surface area contributed by atoms with E-state index in [-0.39, 0.29) is 0 Å². The summed E-state index contributed by atoms with van der Waals surface area (Å²) in [5.41, 5.74) is 1.62. The van der Waals surface area contributed by atoms with E-state index in [9.17, 15) is 26.3 Å². The lowest BCUT2D eigenvalue weighted by atomic mass is 9.13. The number of halogens is 6. The van der Waals surface area contributed by atoms with E-state index in [0.717, 1.165) is 12.1 Å². The van der Waals surface area contributed by atoms with E-state index in [0.29, 0.717) is 21.9 Å². The second kappa shape index (κ2) is 8.69. The van der Waals surface area contributed by atoms with Gasteiger partial charge in [0.05, 0.1) is 0 Å². The summed E-state index contributed by atoms with van der Waals surface area (Å²) in [4.78, 5) is 0. The Morgan fingerprint density at radius 2 is 0.909 bits per heavy atom. The van der Waals surface area contributed by atoms with Gasteiger partial charge in [-0.25, -0.2) is 13.2 Å². The number of benzene rings is 4. The van der Waals surface area contributed by atoms with Gasteiger partial charge < -0.3 is 4.74 Å². The fourth-order valence-corrected chi connectivity index (χ4v) is 4.44. The first-order chi connectivity index (χ1) is 15.7. The fraction of sp³-hybridized carbons (Fsp3) is 0.0400. The van der Waals surface area contributed by atoms with E-state index in [2.05, 4.69) is 4.74 Å². The van der Waals surface area contributed by atoms with Crippen LogP contribution in [0, 0.1) is 17.5 Å². The number of ether oxygens (including phenoxy) is 1. The first-order valence-electron chi connectivity index (χ1n) is 9.98. The molecule has 0 aliphatic carbocycles. The van der Waals surface area contributed by atoms with E-state index in [1.165, 1.54) is 66.7 Å². The number of hydrogen-bond acceptors (Lipinski definition) is 1. The van der Waals surface area contributed by atoms with Gasteiger partial charge in [-0.1, -0.05) is 66.7 Å². The Labute approximate surface area is 186 Å². The van der Waals surface area contributed by atoms with Crippen molar-refractivity contribution in [2.24, 2.45) is 0 Å². The number of hydrogen-bond donors (Lipinski definition) is 0. The molecule has 4 rings (SSSR count). The van der Waals surface area contributed by atoms with Gasteiger partial charge in [0.2, 0.25) is 0 Å². The van der Waals surface area contributed by atoms with Gasteiger partial charge in [-0.2, -0.15) is 21.9 Å². The lowest BCUT2D eigenvalue weighted by molar-refractivity contribution is -0.274. The zero-order chi connectivity index (χ0) is 23.6. The Morgan fingerprint density at radius 1 is 0.515 bits per heavy atom. The minimum atomic E-state index is -4.88. The van der Waals surface area contributed by atoms with Gasteiger partial charge in [0.15, 0.2) is 0 Å². The van der Waals surface area contributed by atoms with E-state index >= 15 is 0 Å². The van der Waals surface area contributed by atoms with Crippen molar-refractivity contribution in [1.82, 2.24) is 0 Å². The smallest absolute Gasteiger partial charge is 0.406 e. The van der Waals surface area contributed by atoms with Crippen molar-refractivity contribution in [2.75, 3.05) is 0 Å². The van der Waals surface area contributed by atoms with Crippen LogP contribution in [0.3, 0.4) is 0 Å². The average molecular weight is 457 g/mol. The predicted molar refractivity (Wildman–Crippen MR) is 117 cm³/mol. The minimum Gasteiger partial charge on any atom is -0.406 e. The molecule has 0 bridgehead atoms. The van der Waals surface area contributed by atoms with Crippen LogP contribution < -0.4 is 26.6 Å². The lowest BCUT2D eigenvalue weighted by Gasteiger charge is -2.44. The molecule has 0 heterocycles. The first kappa shape index (κ1) is 22.5. The molecule has 1 nitrogen and oxygen atoms in total. The third kappa shape index (κ3) is 4.60. The molecule has 0 fully saturated rings. The van der Waals surface area contributed by atoms with Crippen LogP contribution in [-0.4, -0.2) is 12.5 Å². The third-order valence-corrected chi connectivity index (χ3v) is 5.66. The molecular formula is C25H16BF6O-. The highest BCUT2D eigenvalue weighted by atomic mass is 19.4. The van der Waals surface area contributed by atoms with Crippen molar-refractivity contribution >= 4 is 28.0 Å². The third-order valence-electron chi connectivity index (χ3n) is 5.66. The zero-order valence-electron chi connectivity index (χ0n) is 17.0. The lowest BCUT2D eigenvalue weighted by Crippen LogP contribution is -2.75. The molecular weight excluding hydrogens is 441 g/mol. The van der Waals surface area contributed by atoms with Crippen LogP contribution in [0.15, 0.2) is 97.1 Å². The van der Waals surface area contributed by atoms with Crippen LogP contribution in [0.2, 0.25) is 0 Å². The Hall–Kier alpha value is -3.68. The Bertz CT molecular complexity index is 1160. The summed E-state index contributed by atoms with van der Waals surface area (Å²) < 4.78 is 85.1. The van der Waals surface area contributed by atoms with Crippen molar-refractivity contribution in [3.8, 4) is 5.75 Å². The summed E-state index contributed by atoms with van der Waals surface area (Å²) in [7, 11) is 0. The summed E-state index contributed by atoms with van der Waals surface area (Å²) in [6.45, 7) is 0. The maximum absolute atomic E-state index is 14.4. The maximum atomic E-state index is 14.4. The molecule has 0 aliphatic heterocycles. The van der Waals surface area contributed by atoms with E-state index in [1.807, 2.05) is 0 Å². The van der Waals surface area contributed by atoms with Crippen molar-refractivity contribution in [3.05, 3.63) is 115 Å². The summed E-state index contributed by atoms with van der Waals surface area (Å²) in [5, 5.41) is 0. The summed E-state index contributed by atoms with van der Waals surface area (Å²) in [6, 6.07) is 21.8. The van der Waals surface area contributed by atoms with Gasteiger partial charge in [-0.3, -0.25) is 0 Å². The molecule has 0 atom stereocenters. The number of alkyl halides is 3. The number of rotatable bonds is 5.